The van der Waals surface area contributed by atoms with Crippen molar-refractivity contribution < 1.29 is 28.2 Å². The number of rotatable bonds is 7. The summed E-state index contributed by atoms with van der Waals surface area (Å²) >= 11 is 0. The Morgan fingerprint density at radius 3 is 2.42 bits per heavy atom. The molecule has 0 radical (unpaired) electrons. The van der Waals surface area contributed by atoms with Gasteiger partial charge in [-0.3, -0.25) is 9.59 Å². The third kappa shape index (κ3) is 4.95. The predicted molar refractivity (Wildman–Crippen MR) is 93.8 cm³/mol. The summed E-state index contributed by atoms with van der Waals surface area (Å²) in [5.74, 6) is -1.12. The van der Waals surface area contributed by atoms with Gasteiger partial charge < -0.3 is 19.5 Å². The molecule has 0 saturated carbocycles. The molecule has 0 aliphatic heterocycles. The Bertz CT molecular complexity index is 793. The molecule has 0 aliphatic rings. The summed E-state index contributed by atoms with van der Waals surface area (Å²) in [6, 6.07) is 11.1. The Hall–Kier alpha value is -3.09. The molecule has 2 aromatic rings. The summed E-state index contributed by atoms with van der Waals surface area (Å²) in [4.78, 5) is 24.2. The monoisotopic (exact) mass is 361 g/mol. The zero-order valence-corrected chi connectivity index (χ0v) is 14.7. The van der Waals surface area contributed by atoms with Gasteiger partial charge in [-0.05, 0) is 36.8 Å². The van der Waals surface area contributed by atoms with Gasteiger partial charge in [-0.2, -0.15) is 0 Å². The van der Waals surface area contributed by atoms with Crippen molar-refractivity contribution in [2.45, 2.75) is 19.4 Å². The highest BCUT2D eigenvalue weighted by molar-refractivity contribution is 5.96. The van der Waals surface area contributed by atoms with Gasteiger partial charge in [0.1, 0.15) is 5.75 Å². The van der Waals surface area contributed by atoms with E-state index in [1.54, 1.807) is 30.3 Å². The van der Waals surface area contributed by atoms with Crippen molar-refractivity contribution in [1.82, 2.24) is 0 Å². The molecule has 2 aromatic carbocycles. The number of benzene rings is 2. The van der Waals surface area contributed by atoms with Crippen LogP contribution in [0.1, 0.15) is 12.5 Å². The van der Waals surface area contributed by atoms with Gasteiger partial charge >= 0.3 is 5.97 Å². The number of hydrogen-bond donors (Lipinski definition) is 1. The molecule has 26 heavy (non-hydrogen) atoms. The Labute approximate surface area is 150 Å². The van der Waals surface area contributed by atoms with Crippen molar-refractivity contribution in [1.29, 1.82) is 0 Å². The summed E-state index contributed by atoms with van der Waals surface area (Å²) in [6.07, 6.45) is -1.18. The molecule has 0 bridgehead atoms. The molecule has 2 rings (SSSR count). The van der Waals surface area contributed by atoms with Gasteiger partial charge in [-0.25, -0.2) is 4.39 Å². The molecule has 1 N–H and O–H groups in total. The second-order valence-electron chi connectivity index (χ2n) is 5.47. The first-order chi connectivity index (χ1) is 12.4. The number of para-hydroxylation sites is 2. The SMILES string of the molecule is COc1ccc(CC(=O)O[C@@H](C)C(=O)Nc2ccccc2OC)cc1F. The van der Waals surface area contributed by atoms with Crippen LogP contribution < -0.4 is 14.8 Å². The number of anilines is 1. The first kappa shape index (κ1) is 19.2. The maximum absolute atomic E-state index is 13.7. The van der Waals surface area contributed by atoms with Gasteiger partial charge in [-0.1, -0.05) is 18.2 Å². The van der Waals surface area contributed by atoms with Crippen LogP contribution in [0.2, 0.25) is 0 Å². The van der Waals surface area contributed by atoms with Gasteiger partial charge in [0, 0.05) is 0 Å². The highest BCUT2D eigenvalue weighted by Crippen LogP contribution is 2.23. The van der Waals surface area contributed by atoms with E-state index in [2.05, 4.69) is 5.32 Å². The van der Waals surface area contributed by atoms with Gasteiger partial charge in [0.15, 0.2) is 17.7 Å². The molecule has 0 aliphatic carbocycles. The average Bonchev–Trinajstić information content (AvgIpc) is 2.62. The van der Waals surface area contributed by atoms with Crippen LogP contribution in [0.4, 0.5) is 10.1 Å². The minimum atomic E-state index is -1.02. The van der Waals surface area contributed by atoms with E-state index in [0.29, 0.717) is 17.0 Å². The number of esters is 1. The van der Waals surface area contributed by atoms with Crippen LogP contribution in [-0.2, 0) is 20.7 Å². The molecule has 0 spiro atoms. The number of nitrogens with one attached hydrogen (secondary N) is 1. The molecule has 0 aromatic heterocycles. The number of carbonyl (C=O) groups excluding carboxylic acids is 2. The lowest BCUT2D eigenvalue weighted by Crippen LogP contribution is -2.30. The van der Waals surface area contributed by atoms with E-state index in [4.69, 9.17) is 14.2 Å². The van der Waals surface area contributed by atoms with Crippen LogP contribution in [0.3, 0.4) is 0 Å². The summed E-state index contributed by atoms with van der Waals surface area (Å²) in [7, 11) is 2.84. The lowest BCUT2D eigenvalue weighted by Gasteiger charge is -2.15. The molecular weight excluding hydrogens is 341 g/mol. The molecular formula is C19H20FNO5. The lowest BCUT2D eigenvalue weighted by atomic mass is 10.1. The Morgan fingerprint density at radius 1 is 1.08 bits per heavy atom. The highest BCUT2D eigenvalue weighted by Gasteiger charge is 2.19. The zero-order valence-electron chi connectivity index (χ0n) is 14.7. The number of methoxy groups -OCH3 is 2. The average molecular weight is 361 g/mol. The standard InChI is InChI=1S/C19H20FNO5/c1-12(19(23)21-15-6-4-5-7-17(15)25-3)26-18(22)11-13-8-9-16(24-2)14(20)10-13/h4-10,12H,11H2,1-3H3,(H,21,23)/t12-/m0/s1. The maximum Gasteiger partial charge on any atom is 0.311 e. The summed E-state index contributed by atoms with van der Waals surface area (Å²) in [5.41, 5.74) is 0.894. The van der Waals surface area contributed by atoms with Crippen LogP contribution >= 0.6 is 0 Å². The molecule has 1 atom stereocenters. The molecule has 0 saturated heterocycles. The van der Waals surface area contributed by atoms with Crippen LogP contribution in [0, 0.1) is 5.82 Å². The van der Waals surface area contributed by atoms with Crippen molar-refractivity contribution in [3.8, 4) is 11.5 Å². The van der Waals surface area contributed by atoms with E-state index < -0.39 is 23.8 Å². The summed E-state index contributed by atoms with van der Waals surface area (Å²) in [5, 5.41) is 2.64. The van der Waals surface area contributed by atoms with Crippen LogP contribution in [-0.4, -0.2) is 32.2 Å². The maximum atomic E-state index is 13.7. The summed E-state index contributed by atoms with van der Waals surface area (Å²) < 4.78 is 28.7. The molecule has 0 fully saturated rings. The predicted octanol–water partition coefficient (Wildman–Crippen LogP) is 2.96. The number of ether oxygens (including phenoxy) is 3. The minimum Gasteiger partial charge on any atom is -0.495 e. The Morgan fingerprint density at radius 2 is 1.77 bits per heavy atom. The molecule has 0 unspecified atom stereocenters. The smallest absolute Gasteiger partial charge is 0.311 e. The molecule has 6 nitrogen and oxygen atoms in total. The fourth-order valence-electron chi connectivity index (χ4n) is 2.26. The number of hydrogen-bond acceptors (Lipinski definition) is 5. The second-order valence-corrected chi connectivity index (χ2v) is 5.47. The molecule has 1 amide bonds. The van der Waals surface area contributed by atoms with E-state index in [0.717, 1.165) is 0 Å². The van der Waals surface area contributed by atoms with Crippen molar-refractivity contribution >= 4 is 17.6 Å². The second kappa shape index (κ2) is 8.84. The van der Waals surface area contributed by atoms with Crippen LogP contribution in [0.15, 0.2) is 42.5 Å². The number of halogens is 1. The Balaban J connectivity index is 1.93. The van der Waals surface area contributed by atoms with Crippen molar-refractivity contribution in [3.05, 3.63) is 53.8 Å². The van der Waals surface area contributed by atoms with E-state index in [1.165, 1.54) is 33.3 Å². The quantitative estimate of drug-likeness (QED) is 0.768. The third-order valence-electron chi connectivity index (χ3n) is 3.61. The van der Waals surface area contributed by atoms with Gasteiger partial charge in [0.25, 0.3) is 5.91 Å². The summed E-state index contributed by atoms with van der Waals surface area (Å²) in [6.45, 7) is 1.46. The number of amides is 1. The first-order valence-electron chi connectivity index (χ1n) is 7.90. The van der Waals surface area contributed by atoms with Crippen LogP contribution in [0.25, 0.3) is 0 Å². The van der Waals surface area contributed by atoms with E-state index in [-0.39, 0.29) is 12.2 Å². The first-order valence-corrected chi connectivity index (χ1v) is 7.90. The van der Waals surface area contributed by atoms with E-state index >= 15 is 0 Å². The zero-order chi connectivity index (χ0) is 19.1. The fraction of sp³-hybridized carbons (Fsp3) is 0.263. The largest absolute Gasteiger partial charge is 0.495 e. The van der Waals surface area contributed by atoms with Crippen LogP contribution in [0.5, 0.6) is 11.5 Å². The lowest BCUT2D eigenvalue weighted by molar-refractivity contribution is -0.152. The van der Waals surface area contributed by atoms with Crippen molar-refractivity contribution in [2.24, 2.45) is 0 Å². The van der Waals surface area contributed by atoms with E-state index in [9.17, 15) is 14.0 Å². The topological polar surface area (TPSA) is 73.9 Å². The van der Waals surface area contributed by atoms with Crippen molar-refractivity contribution in [3.63, 3.8) is 0 Å². The molecule has 7 heteroatoms. The minimum absolute atomic E-state index is 0.0895. The van der Waals surface area contributed by atoms with Gasteiger partial charge in [-0.15, -0.1) is 0 Å². The number of carbonyl (C=O) groups is 2. The van der Waals surface area contributed by atoms with Crippen molar-refractivity contribution in [2.75, 3.05) is 19.5 Å². The van der Waals surface area contributed by atoms with E-state index in [1.807, 2.05) is 0 Å². The molecule has 138 valence electrons. The van der Waals surface area contributed by atoms with Gasteiger partial charge in [0.05, 0.1) is 26.3 Å². The highest BCUT2D eigenvalue weighted by atomic mass is 19.1. The Kier molecular flexibility index (Phi) is 6.54. The fourth-order valence-corrected chi connectivity index (χ4v) is 2.26. The normalized spacial score (nSPS) is 11.4. The third-order valence-corrected chi connectivity index (χ3v) is 3.61. The van der Waals surface area contributed by atoms with Gasteiger partial charge in [0.2, 0.25) is 0 Å². The molecule has 0 heterocycles.